The number of H-pyrrole nitrogens is 1. The van der Waals surface area contributed by atoms with E-state index in [4.69, 9.17) is 0 Å². The average Bonchev–Trinajstić information content (AvgIpc) is 2.10. The molecule has 2 heterocycles. The minimum absolute atomic E-state index is 0.134. The number of fused-ring (bicyclic) bond motifs is 1. The molecule has 14 heavy (non-hydrogen) atoms. The van der Waals surface area contributed by atoms with Crippen LogP contribution in [-0.4, -0.2) is 14.7 Å². The summed E-state index contributed by atoms with van der Waals surface area (Å²) in [5.41, 5.74) is -0.419. The van der Waals surface area contributed by atoms with Crippen LogP contribution in [0.5, 0.6) is 5.75 Å². The second kappa shape index (κ2) is 2.73. The predicted molar refractivity (Wildman–Crippen MR) is 51.5 cm³/mol. The van der Waals surface area contributed by atoms with Gasteiger partial charge < -0.3 is 14.7 Å². The van der Waals surface area contributed by atoms with Crippen molar-refractivity contribution in [2.45, 2.75) is 0 Å². The Bertz CT molecular complexity index is 609. The molecule has 2 aromatic rings. The van der Waals surface area contributed by atoms with Crippen molar-refractivity contribution in [2.24, 2.45) is 7.05 Å². The molecule has 72 valence electrons. The Balaban J connectivity index is 3.11. The Morgan fingerprint density at radius 3 is 2.86 bits per heavy atom. The first-order valence-electron chi connectivity index (χ1n) is 4.01. The molecular formula is C9H8N2O3. The van der Waals surface area contributed by atoms with E-state index in [0.29, 0.717) is 5.52 Å². The molecule has 0 saturated carbocycles. The van der Waals surface area contributed by atoms with E-state index in [0.717, 1.165) is 6.07 Å². The number of rotatable bonds is 0. The van der Waals surface area contributed by atoms with Gasteiger partial charge in [-0.25, -0.2) is 0 Å². The predicted octanol–water partition coefficient (Wildman–Crippen LogP) is -0.0676. The fraction of sp³-hybridized carbons (Fsp3) is 0.111. The Morgan fingerprint density at radius 2 is 2.14 bits per heavy atom. The fourth-order valence-corrected chi connectivity index (χ4v) is 1.35. The normalized spacial score (nSPS) is 10.6. The van der Waals surface area contributed by atoms with Gasteiger partial charge >= 0.3 is 0 Å². The first-order valence-corrected chi connectivity index (χ1v) is 4.01. The summed E-state index contributed by atoms with van der Waals surface area (Å²) in [6, 6.07) is 2.56. The number of hydrogen-bond acceptors (Lipinski definition) is 3. The summed E-state index contributed by atoms with van der Waals surface area (Å²) in [6.07, 6.45) is 1.53. The van der Waals surface area contributed by atoms with Crippen LogP contribution in [0.4, 0.5) is 0 Å². The van der Waals surface area contributed by atoms with Gasteiger partial charge in [0.05, 0.1) is 5.52 Å². The second-order valence-corrected chi connectivity index (χ2v) is 3.04. The van der Waals surface area contributed by atoms with Crippen LogP contribution in [0.15, 0.2) is 27.9 Å². The van der Waals surface area contributed by atoms with Crippen LogP contribution in [0, 0.1) is 0 Å². The number of aromatic amines is 1. The van der Waals surface area contributed by atoms with Gasteiger partial charge in [0.25, 0.3) is 11.1 Å². The highest BCUT2D eigenvalue weighted by Crippen LogP contribution is 2.15. The maximum absolute atomic E-state index is 11.5. The number of nitrogens with zero attached hydrogens (tertiary/aromatic N) is 1. The summed E-state index contributed by atoms with van der Waals surface area (Å²) in [4.78, 5) is 25.0. The van der Waals surface area contributed by atoms with Gasteiger partial charge in [0.1, 0.15) is 11.1 Å². The van der Waals surface area contributed by atoms with Crippen molar-refractivity contribution in [3.63, 3.8) is 0 Å². The lowest BCUT2D eigenvalue weighted by Crippen LogP contribution is -2.18. The van der Waals surface area contributed by atoms with Crippen LogP contribution in [0.1, 0.15) is 0 Å². The van der Waals surface area contributed by atoms with Gasteiger partial charge in [0.15, 0.2) is 0 Å². The summed E-state index contributed by atoms with van der Waals surface area (Å²) < 4.78 is 1.33. The van der Waals surface area contributed by atoms with E-state index in [9.17, 15) is 14.7 Å². The second-order valence-electron chi connectivity index (χ2n) is 3.04. The van der Waals surface area contributed by atoms with Gasteiger partial charge in [-0.3, -0.25) is 9.59 Å². The van der Waals surface area contributed by atoms with Crippen LogP contribution in [0.3, 0.4) is 0 Å². The molecule has 5 nitrogen and oxygen atoms in total. The Kier molecular flexibility index (Phi) is 1.67. The van der Waals surface area contributed by atoms with Crippen LogP contribution in [0.2, 0.25) is 0 Å². The molecule has 0 aliphatic rings. The summed E-state index contributed by atoms with van der Waals surface area (Å²) in [7, 11) is 1.58. The zero-order valence-corrected chi connectivity index (χ0v) is 7.44. The van der Waals surface area contributed by atoms with Crippen LogP contribution >= 0.6 is 0 Å². The van der Waals surface area contributed by atoms with Gasteiger partial charge in [0.2, 0.25) is 0 Å². The molecule has 0 aliphatic heterocycles. The highest BCUT2D eigenvalue weighted by Gasteiger charge is 2.06. The lowest BCUT2D eigenvalue weighted by atomic mass is 10.2. The molecule has 2 aromatic heterocycles. The number of aromatic nitrogens is 2. The van der Waals surface area contributed by atoms with Crippen molar-refractivity contribution < 1.29 is 5.11 Å². The third-order valence-electron chi connectivity index (χ3n) is 2.05. The number of nitrogens with one attached hydrogen (secondary N) is 1. The molecule has 0 saturated heterocycles. The first kappa shape index (κ1) is 8.55. The summed E-state index contributed by atoms with van der Waals surface area (Å²) in [6.45, 7) is 0. The van der Waals surface area contributed by atoms with E-state index >= 15 is 0 Å². The molecule has 0 unspecified atom stereocenters. The Morgan fingerprint density at radius 1 is 1.43 bits per heavy atom. The van der Waals surface area contributed by atoms with Crippen LogP contribution in [0.25, 0.3) is 10.9 Å². The van der Waals surface area contributed by atoms with E-state index in [1.54, 1.807) is 13.1 Å². The maximum atomic E-state index is 11.5. The zero-order valence-electron chi connectivity index (χ0n) is 7.44. The summed E-state index contributed by atoms with van der Waals surface area (Å²) >= 11 is 0. The first-order chi connectivity index (χ1) is 6.59. The summed E-state index contributed by atoms with van der Waals surface area (Å²) in [5.74, 6) is -0.287. The lowest BCUT2D eigenvalue weighted by molar-refractivity contribution is 0.479. The van der Waals surface area contributed by atoms with Gasteiger partial charge in [-0.2, -0.15) is 0 Å². The molecule has 2 rings (SSSR count). The molecule has 0 atom stereocenters. The van der Waals surface area contributed by atoms with Gasteiger partial charge in [-0.1, -0.05) is 0 Å². The largest absolute Gasteiger partial charge is 0.507 e. The quantitative estimate of drug-likeness (QED) is 0.613. The minimum atomic E-state index is -0.428. The van der Waals surface area contributed by atoms with Crippen LogP contribution in [-0.2, 0) is 7.05 Å². The molecule has 0 spiro atoms. The topological polar surface area (TPSA) is 75.1 Å². The molecule has 0 radical (unpaired) electrons. The zero-order chi connectivity index (χ0) is 10.3. The molecule has 0 bridgehead atoms. The average molecular weight is 192 g/mol. The van der Waals surface area contributed by atoms with Crippen molar-refractivity contribution in [1.82, 2.24) is 9.55 Å². The van der Waals surface area contributed by atoms with E-state index in [1.807, 2.05) is 0 Å². The monoisotopic (exact) mass is 192 g/mol. The SMILES string of the molecule is Cn1ccc2[nH]c(=O)cc(O)c2c1=O. The number of hydrogen-bond donors (Lipinski definition) is 2. The van der Waals surface area contributed by atoms with E-state index in [-0.39, 0.29) is 16.7 Å². The Hall–Kier alpha value is -2.04. The van der Waals surface area contributed by atoms with Crippen molar-refractivity contribution in [2.75, 3.05) is 0 Å². The van der Waals surface area contributed by atoms with E-state index in [2.05, 4.69) is 4.98 Å². The molecule has 2 N–H and O–H groups in total. The third-order valence-corrected chi connectivity index (χ3v) is 2.05. The lowest BCUT2D eigenvalue weighted by Gasteiger charge is -2.01. The third kappa shape index (κ3) is 1.10. The molecule has 0 fully saturated rings. The summed E-state index contributed by atoms with van der Waals surface area (Å²) in [5, 5.41) is 9.56. The smallest absolute Gasteiger partial charge is 0.263 e. The van der Waals surface area contributed by atoms with Gasteiger partial charge in [-0.15, -0.1) is 0 Å². The van der Waals surface area contributed by atoms with Crippen molar-refractivity contribution in [3.05, 3.63) is 39.0 Å². The molecule has 5 heteroatoms. The minimum Gasteiger partial charge on any atom is -0.507 e. The van der Waals surface area contributed by atoms with Gasteiger partial charge in [-0.05, 0) is 6.07 Å². The van der Waals surface area contributed by atoms with Crippen molar-refractivity contribution in [3.8, 4) is 5.75 Å². The number of aryl methyl sites for hydroxylation is 1. The van der Waals surface area contributed by atoms with E-state index < -0.39 is 5.56 Å². The number of aromatic hydroxyl groups is 1. The molecule has 0 aliphatic carbocycles. The highest BCUT2D eigenvalue weighted by atomic mass is 16.3. The molecule has 0 amide bonds. The van der Waals surface area contributed by atoms with Gasteiger partial charge in [0, 0.05) is 19.3 Å². The molecule has 0 aromatic carbocycles. The fourth-order valence-electron chi connectivity index (χ4n) is 1.35. The molecular weight excluding hydrogens is 184 g/mol. The Labute approximate surface area is 78.2 Å². The standard InChI is InChI=1S/C9H8N2O3/c1-11-3-2-5-8(9(11)14)6(12)4-7(13)10-5/h2-4H,1H3,(H2,10,12,13). The van der Waals surface area contributed by atoms with Crippen LogP contribution < -0.4 is 11.1 Å². The van der Waals surface area contributed by atoms with Crippen molar-refractivity contribution >= 4 is 10.9 Å². The number of pyridine rings is 2. The highest BCUT2D eigenvalue weighted by molar-refractivity contribution is 5.83. The maximum Gasteiger partial charge on any atom is 0.263 e. The van der Waals surface area contributed by atoms with Crippen molar-refractivity contribution in [1.29, 1.82) is 0 Å². The van der Waals surface area contributed by atoms with E-state index in [1.165, 1.54) is 10.8 Å².